The van der Waals surface area contributed by atoms with Crippen molar-refractivity contribution in [1.82, 2.24) is 14.8 Å². The summed E-state index contributed by atoms with van der Waals surface area (Å²) < 4.78 is 0. The number of nitrogens with two attached hydrogens (primary N) is 1. The van der Waals surface area contributed by atoms with Gasteiger partial charge in [-0.3, -0.25) is 9.80 Å². The van der Waals surface area contributed by atoms with Crippen LogP contribution < -0.4 is 5.73 Å². The molecule has 2 heterocycles. The summed E-state index contributed by atoms with van der Waals surface area (Å²) in [4.78, 5) is 9.88. The molecule has 1 aromatic heterocycles. The molecule has 5 heteroatoms. The Hall–Kier alpha value is -0.490. The summed E-state index contributed by atoms with van der Waals surface area (Å²) in [6.07, 6.45) is 5.71. The number of rotatable bonds is 4. The van der Waals surface area contributed by atoms with E-state index in [1.807, 2.05) is 6.92 Å². The van der Waals surface area contributed by atoms with Crippen molar-refractivity contribution >= 4 is 11.3 Å². The van der Waals surface area contributed by atoms with Crippen molar-refractivity contribution in [3.63, 3.8) is 0 Å². The number of hydrogen-bond acceptors (Lipinski definition) is 5. The van der Waals surface area contributed by atoms with E-state index in [1.54, 1.807) is 11.3 Å². The summed E-state index contributed by atoms with van der Waals surface area (Å²) in [6, 6.07) is 0.939. The maximum atomic E-state index is 5.88. The van der Waals surface area contributed by atoms with E-state index in [-0.39, 0.29) is 6.04 Å². The summed E-state index contributed by atoms with van der Waals surface area (Å²) in [6.45, 7) is 7.82. The Balaban J connectivity index is 1.48. The molecule has 4 nitrogen and oxygen atoms in total. The molecule has 2 N–H and O–H groups in total. The van der Waals surface area contributed by atoms with Gasteiger partial charge in [0.05, 0.1) is 11.7 Å². The van der Waals surface area contributed by atoms with E-state index in [4.69, 9.17) is 5.73 Å². The Labute approximate surface area is 126 Å². The van der Waals surface area contributed by atoms with E-state index in [9.17, 15) is 0 Å². The van der Waals surface area contributed by atoms with Crippen LogP contribution in [0.25, 0.3) is 0 Å². The van der Waals surface area contributed by atoms with Crippen molar-refractivity contribution < 1.29 is 0 Å². The normalized spacial score (nSPS) is 24.3. The zero-order valence-electron chi connectivity index (χ0n) is 12.4. The summed E-state index contributed by atoms with van der Waals surface area (Å²) in [5.74, 6) is 0. The lowest BCUT2D eigenvalue weighted by atomic mass is 10.2. The van der Waals surface area contributed by atoms with Crippen LogP contribution in [0, 0.1) is 0 Å². The molecule has 1 aromatic rings. The standard InChI is InChI=1S/C15H26N4S/c1-12(16)15-17-13(11-20-15)10-18-6-8-19(9-7-18)14-4-2-3-5-14/h11-12,14H,2-10,16H2,1H3. The van der Waals surface area contributed by atoms with Crippen LogP contribution in [0.2, 0.25) is 0 Å². The second kappa shape index (κ2) is 6.52. The number of nitrogens with zero attached hydrogens (tertiary/aromatic N) is 3. The van der Waals surface area contributed by atoms with Gasteiger partial charge < -0.3 is 5.73 Å². The smallest absolute Gasteiger partial charge is 0.109 e. The van der Waals surface area contributed by atoms with Crippen LogP contribution in [0.4, 0.5) is 0 Å². The maximum Gasteiger partial charge on any atom is 0.109 e. The lowest BCUT2D eigenvalue weighted by Gasteiger charge is -2.37. The predicted molar refractivity (Wildman–Crippen MR) is 83.8 cm³/mol. The molecule has 20 heavy (non-hydrogen) atoms. The Bertz CT molecular complexity index is 417. The van der Waals surface area contributed by atoms with Gasteiger partial charge in [-0.2, -0.15) is 0 Å². The number of piperazine rings is 1. The summed E-state index contributed by atoms with van der Waals surface area (Å²) in [7, 11) is 0. The predicted octanol–water partition coefficient (Wildman–Crippen LogP) is 2.22. The highest BCUT2D eigenvalue weighted by Gasteiger charge is 2.26. The molecule has 2 fully saturated rings. The van der Waals surface area contributed by atoms with Gasteiger partial charge in [0.2, 0.25) is 0 Å². The Morgan fingerprint density at radius 3 is 2.60 bits per heavy atom. The van der Waals surface area contributed by atoms with Crippen LogP contribution in [-0.4, -0.2) is 47.0 Å². The van der Waals surface area contributed by atoms with Gasteiger partial charge in [0.15, 0.2) is 0 Å². The van der Waals surface area contributed by atoms with Crippen molar-refractivity contribution in [3.05, 3.63) is 16.1 Å². The van der Waals surface area contributed by atoms with Crippen LogP contribution >= 0.6 is 11.3 Å². The zero-order chi connectivity index (χ0) is 13.9. The molecule has 2 aliphatic rings. The van der Waals surface area contributed by atoms with Crippen LogP contribution in [0.3, 0.4) is 0 Å². The molecule has 1 aliphatic carbocycles. The van der Waals surface area contributed by atoms with E-state index in [1.165, 1.54) is 57.6 Å². The van der Waals surface area contributed by atoms with Gasteiger partial charge in [-0.25, -0.2) is 4.98 Å². The quantitative estimate of drug-likeness (QED) is 0.925. The molecule has 0 bridgehead atoms. The first kappa shape index (κ1) is 14.4. The highest BCUT2D eigenvalue weighted by Crippen LogP contribution is 2.24. The maximum absolute atomic E-state index is 5.88. The van der Waals surface area contributed by atoms with Crippen molar-refractivity contribution in [1.29, 1.82) is 0 Å². The minimum atomic E-state index is 0.0629. The Morgan fingerprint density at radius 1 is 1.30 bits per heavy atom. The van der Waals surface area contributed by atoms with E-state index in [2.05, 4.69) is 20.2 Å². The van der Waals surface area contributed by atoms with Gasteiger partial charge in [-0.1, -0.05) is 12.8 Å². The molecule has 1 unspecified atom stereocenters. The molecule has 1 saturated heterocycles. The van der Waals surface area contributed by atoms with Crippen molar-refractivity contribution in [3.8, 4) is 0 Å². The summed E-state index contributed by atoms with van der Waals surface area (Å²) >= 11 is 1.69. The first-order chi connectivity index (χ1) is 9.72. The second-order valence-electron chi connectivity index (χ2n) is 6.22. The SMILES string of the molecule is CC(N)c1nc(CN2CCN(C3CCCC3)CC2)cs1. The van der Waals surface area contributed by atoms with E-state index in [0.29, 0.717) is 0 Å². The molecule has 1 aliphatic heterocycles. The van der Waals surface area contributed by atoms with Gasteiger partial charge in [-0.05, 0) is 19.8 Å². The molecule has 0 amide bonds. The minimum Gasteiger partial charge on any atom is -0.322 e. The monoisotopic (exact) mass is 294 g/mol. The molecular weight excluding hydrogens is 268 g/mol. The second-order valence-corrected chi connectivity index (χ2v) is 7.11. The number of aromatic nitrogens is 1. The highest BCUT2D eigenvalue weighted by molar-refractivity contribution is 7.09. The van der Waals surface area contributed by atoms with E-state index >= 15 is 0 Å². The minimum absolute atomic E-state index is 0.0629. The molecule has 112 valence electrons. The fourth-order valence-electron chi connectivity index (χ4n) is 3.39. The van der Waals surface area contributed by atoms with Gasteiger partial charge in [0, 0.05) is 44.1 Å². The van der Waals surface area contributed by atoms with Crippen molar-refractivity contribution in [2.45, 2.75) is 51.2 Å². The lowest BCUT2D eigenvalue weighted by Crippen LogP contribution is -2.49. The van der Waals surface area contributed by atoms with Crippen LogP contribution in [0.1, 0.15) is 49.4 Å². The van der Waals surface area contributed by atoms with Gasteiger partial charge >= 0.3 is 0 Å². The summed E-state index contributed by atoms with van der Waals surface area (Å²) in [5, 5.41) is 3.23. The molecule has 3 rings (SSSR count). The molecule has 0 spiro atoms. The molecule has 1 atom stereocenters. The number of thiazole rings is 1. The number of hydrogen-bond donors (Lipinski definition) is 1. The third-order valence-electron chi connectivity index (χ3n) is 4.59. The largest absolute Gasteiger partial charge is 0.322 e. The lowest BCUT2D eigenvalue weighted by molar-refractivity contribution is 0.0930. The molecule has 0 radical (unpaired) electrons. The average molecular weight is 294 g/mol. The molecule has 0 aromatic carbocycles. The van der Waals surface area contributed by atoms with Crippen molar-refractivity contribution in [2.75, 3.05) is 26.2 Å². The van der Waals surface area contributed by atoms with Crippen molar-refractivity contribution in [2.24, 2.45) is 5.73 Å². The van der Waals surface area contributed by atoms with Crippen LogP contribution in [-0.2, 0) is 6.54 Å². The Kier molecular flexibility index (Phi) is 4.71. The zero-order valence-corrected chi connectivity index (χ0v) is 13.2. The van der Waals surface area contributed by atoms with Gasteiger partial charge in [0.1, 0.15) is 5.01 Å². The van der Waals surface area contributed by atoms with E-state index in [0.717, 1.165) is 17.6 Å². The van der Waals surface area contributed by atoms with E-state index < -0.39 is 0 Å². The van der Waals surface area contributed by atoms with Gasteiger partial charge in [-0.15, -0.1) is 11.3 Å². The van der Waals surface area contributed by atoms with Crippen LogP contribution in [0.15, 0.2) is 5.38 Å². The first-order valence-corrected chi connectivity index (χ1v) is 8.76. The molecular formula is C15H26N4S. The highest BCUT2D eigenvalue weighted by atomic mass is 32.1. The summed E-state index contributed by atoms with van der Waals surface area (Å²) in [5.41, 5.74) is 7.07. The average Bonchev–Trinajstić information content (AvgIpc) is 3.10. The first-order valence-electron chi connectivity index (χ1n) is 7.88. The third-order valence-corrected chi connectivity index (χ3v) is 5.69. The Morgan fingerprint density at radius 2 is 2.00 bits per heavy atom. The fourth-order valence-corrected chi connectivity index (χ4v) is 4.16. The van der Waals surface area contributed by atoms with Crippen LogP contribution in [0.5, 0.6) is 0 Å². The van der Waals surface area contributed by atoms with Gasteiger partial charge in [0.25, 0.3) is 0 Å². The third kappa shape index (κ3) is 3.39. The fraction of sp³-hybridized carbons (Fsp3) is 0.800. The molecule has 1 saturated carbocycles. The topological polar surface area (TPSA) is 45.4 Å².